The molecule has 0 spiro atoms. The van der Waals surface area contributed by atoms with Crippen LogP contribution in [0, 0.1) is 6.92 Å². The highest BCUT2D eigenvalue weighted by Crippen LogP contribution is 2.24. The average molecular weight is 256 g/mol. The van der Waals surface area contributed by atoms with Gasteiger partial charge in [-0.05, 0) is 25.1 Å². The van der Waals surface area contributed by atoms with Gasteiger partial charge in [-0.25, -0.2) is 0 Å². The van der Waals surface area contributed by atoms with Crippen LogP contribution in [0.25, 0.3) is 0 Å². The van der Waals surface area contributed by atoms with Crippen molar-refractivity contribution in [2.45, 2.75) is 13.3 Å². The quantitative estimate of drug-likeness (QED) is 0.855. The van der Waals surface area contributed by atoms with Crippen LogP contribution >= 0.6 is 0 Å². The summed E-state index contributed by atoms with van der Waals surface area (Å²) in [5.74, 6) is 0.717. The third-order valence-corrected chi connectivity index (χ3v) is 3.01. The smallest absolute Gasteiger partial charge is 0.167 e. The summed E-state index contributed by atoms with van der Waals surface area (Å²) in [6.07, 6.45) is 0.159. The second-order valence-corrected chi connectivity index (χ2v) is 4.46. The van der Waals surface area contributed by atoms with E-state index in [0.29, 0.717) is 16.9 Å². The number of phenols is 1. The fourth-order valence-electron chi connectivity index (χ4n) is 1.84. The van der Waals surface area contributed by atoms with Crippen LogP contribution < -0.4 is 4.74 Å². The topological polar surface area (TPSA) is 46.5 Å². The molecular weight excluding hydrogens is 240 g/mol. The van der Waals surface area contributed by atoms with Crippen molar-refractivity contribution in [3.63, 3.8) is 0 Å². The molecule has 0 unspecified atom stereocenters. The van der Waals surface area contributed by atoms with Crippen molar-refractivity contribution in [1.82, 2.24) is 0 Å². The maximum absolute atomic E-state index is 12.1. The lowest BCUT2D eigenvalue weighted by Crippen LogP contribution is -2.04. The number of phenolic OH excluding ortho intramolecular Hbond substituents is 1. The van der Waals surface area contributed by atoms with E-state index in [1.54, 1.807) is 31.4 Å². The van der Waals surface area contributed by atoms with E-state index in [9.17, 15) is 9.90 Å². The molecule has 0 bridgehead atoms. The fourth-order valence-corrected chi connectivity index (χ4v) is 1.84. The lowest BCUT2D eigenvalue weighted by Gasteiger charge is -2.07. The molecule has 2 aromatic carbocycles. The Morgan fingerprint density at radius 2 is 1.84 bits per heavy atom. The number of carbonyl (C=O) groups is 1. The third kappa shape index (κ3) is 3.13. The minimum absolute atomic E-state index is 0.0245. The normalized spacial score (nSPS) is 10.2. The highest BCUT2D eigenvalue weighted by molar-refractivity contribution is 5.97. The highest BCUT2D eigenvalue weighted by Gasteiger charge is 2.11. The summed E-state index contributed by atoms with van der Waals surface area (Å²) < 4.78 is 5.09. The number of aryl methyl sites for hydroxylation is 1. The Balaban J connectivity index is 2.21. The van der Waals surface area contributed by atoms with E-state index >= 15 is 0 Å². The Morgan fingerprint density at radius 1 is 1.16 bits per heavy atom. The summed E-state index contributed by atoms with van der Waals surface area (Å²) in [6, 6.07) is 12.3. The van der Waals surface area contributed by atoms with Gasteiger partial charge in [0.2, 0.25) is 0 Å². The van der Waals surface area contributed by atoms with Crippen LogP contribution in [0.4, 0.5) is 0 Å². The van der Waals surface area contributed by atoms with Crippen molar-refractivity contribution in [2.24, 2.45) is 0 Å². The number of benzene rings is 2. The number of ketones is 1. The molecule has 0 amide bonds. The van der Waals surface area contributed by atoms with Gasteiger partial charge in [-0.1, -0.05) is 29.8 Å². The first kappa shape index (κ1) is 13.1. The zero-order valence-electron chi connectivity index (χ0n) is 11.0. The molecule has 1 N–H and O–H groups in total. The van der Waals surface area contributed by atoms with E-state index in [1.165, 1.54) is 6.07 Å². The van der Waals surface area contributed by atoms with Gasteiger partial charge in [0.25, 0.3) is 0 Å². The van der Waals surface area contributed by atoms with Gasteiger partial charge in [0, 0.05) is 17.5 Å². The van der Waals surface area contributed by atoms with Gasteiger partial charge in [0.05, 0.1) is 7.11 Å². The third-order valence-electron chi connectivity index (χ3n) is 3.01. The summed E-state index contributed by atoms with van der Waals surface area (Å²) >= 11 is 0. The maximum Gasteiger partial charge on any atom is 0.167 e. The zero-order valence-corrected chi connectivity index (χ0v) is 11.0. The largest absolute Gasteiger partial charge is 0.508 e. The van der Waals surface area contributed by atoms with Gasteiger partial charge in [-0.15, -0.1) is 0 Å². The lowest BCUT2D eigenvalue weighted by molar-refractivity contribution is 0.0992. The van der Waals surface area contributed by atoms with Crippen LogP contribution in [0.5, 0.6) is 11.5 Å². The molecule has 2 rings (SSSR count). The van der Waals surface area contributed by atoms with Crippen LogP contribution in [0.2, 0.25) is 0 Å². The maximum atomic E-state index is 12.1. The van der Waals surface area contributed by atoms with Gasteiger partial charge in [0.1, 0.15) is 11.5 Å². The van der Waals surface area contributed by atoms with Crippen LogP contribution in [0.15, 0.2) is 42.5 Å². The first-order valence-corrected chi connectivity index (χ1v) is 6.06. The molecule has 0 aliphatic rings. The summed E-state index contributed by atoms with van der Waals surface area (Å²) in [6.45, 7) is 1.97. The molecule has 2 aromatic rings. The molecule has 0 saturated heterocycles. The zero-order chi connectivity index (χ0) is 13.8. The molecular formula is C16H16O3. The Morgan fingerprint density at radius 3 is 2.47 bits per heavy atom. The molecule has 0 aromatic heterocycles. The minimum Gasteiger partial charge on any atom is -0.508 e. The number of methoxy groups -OCH3 is 1. The summed E-state index contributed by atoms with van der Waals surface area (Å²) in [5, 5.41) is 9.76. The Hall–Kier alpha value is -2.29. The first-order valence-electron chi connectivity index (χ1n) is 6.06. The van der Waals surface area contributed by atoms with Crippen molar-refractivity contribution < 1.29 is 14.6 Å². The van der Waals surface area contributed by atoms with Gasteiger partial charge < -0.3 is 9.84 Å². The van der Waals surface area contributed by atoms with Crippen LogP contribution in [0.1, 0.15) is 21.5 Å². The number of rotatable bonds is 4. The van der Waals surface area contributed by atoms with E-state index in [-0.39, 0.29) is 18.0 Å². The second-order valence-electron chi connectivity index (χ2n) is 4.46. The summed E-state index contributed by atoms with van der Waals surface area (Å²) in [5.41, 5.74) is 2.33. The predicted octanol–water partition coefficient (Wildman–Crippen LogP) is 3.13. The molecule has 98 valence electrons. The lowest BCUT2D eigenvalue weighted by atomic mass is 10.0. The van der Waals surface area contributed by atoms with Crippen molar-refractivity contribution in [3.05, 3.63) is 59.2 Å². The fraction of sp³-hybridized carbons (Fsp3) is 0.188. The Bertz CT molecular complexity index is 585. The number of aromatic hydroxyl groups is 1. The van der Waals surface area contributed by atoms with Crippen LogP contribution in [0.3, 0.4) is 0 Å². The summed E-state index contributed by atoms with van der Waals surface area (Å²) in [4.78, 5) is 12.1. The van der Waals surface area contributed by atoms with E-state index in [4.69, 9.17) is 4.74 Å². The van der Waals surface area contributed by atoms with E-state index in [0.717, 1.165) is 5.56 Å². The molecule has 3 heteroatoms. The van der Waals surface area contributed by atoms with E-state index in [2.05, 4.69) is 0 Å². The number of Topliss-reactive ketones (excluding diaryl/α,β-unsaturated/α-hetero) is 1. The number of carbonyl (C=O) groups excluding carboxylic acids is 1. The van der Waals surface area contributed by atoms with Crippen LogP contribution in [-0.2, 0) is 6.42 Å². The molecule has 3 nitrogen and oxygen atoms in total. The highest BCUT2D eigenvalue weighted by atomic mass is 16.5. The molecule has 0 fully saturated rings. The van der Waals surface area contributed by atoms with Crippen LogP contribution in [-0.4, -0.2) is 18.0 Å². The molecule has 0 atom stereocenters. The average Bonchev–Trinajstić information content (AvgIpc) is 2.42. The number of hydrogen-bond donors (Lipinski definition) is 1. The minimum atomic E-state index is -0.0245. The summed E-state index contributed by atoms with van der Waals surface area (Å²) in [7, 11) is 1.55. The van der Waals surface area contributed by atoms with Gasteiger partial charge in [-0.3, -0.25) is 4.79 Å². The second kappa shape index (κ2) is 5.57. The Labute approximate surface area is 112 Å². The van der Waals surface area contributed by atoms with E-state index < -0.39 is 0 Å². The van der Waals surface area contributed by atoms with Gasteiger partial charge >= 0.3 is 0 Å². The van der Waals surface area contributed by atoms with Gasteiger partial charge in [0.15, 0.2) is 5.78 Å². The first-order chi connectivity index (χ1) is 9.10. The van der Waals surface area contributed by atoms with Gasteiger partial charge in [-0.2, -0.15) is 0 Å². The molecule has 0 radical (unpaired) electrons. The molecule has 0 aliphatic carbocycles. The molecule has 19 heavy (non-hydrogen) atoms. The molecule has 0 saturated carbocycles. The molecule has 0 aliphatic heterocycles. The monoisotopic (exact) mass is 256 g/mol. The SMILES string of the molecule is COc1ccc(O)c(CC(=O)c2ccc(C)cc2)c1. The number of hydrogen-bond acceptors (Lipinski definition) is 3. The standard InChI is InChI=1S/C16H16O3/c1-11-3-5-12(6-4-11)16(18)10-13-9-14(19-2)7-8-15(13)17/h3-9,17H,10H2,1-2H3. The van der Waals surface area contributed by atoms with Crippen molar-refractivity contribution in [1.29, 1.82) is 0 Å². The predicted molar refractivity (Wildman–Crippen MR) is 73.9 cm³/mol. The van der Waals surface area contributed by atoms with E-state index in [1.807, 2.05) is 19.1 Å². The van der Waals surface area contributed by atoms with Crippen molar-refractivity contribution in [3.8, 4) is 11.5 Å². The van der Waals surface area contributed by atoms with Crippen molar-refractivity contribution >= 4 is 5.78 Å². The Kier molecular flexibility index (Phi) is 3.85. The number of ether oxygens (including phenoxy) is 1. The van der Waals surface area contributed by atoms with Crippen molar-refractivity contribution in [2.75, 3.05) is 7.11 Å². The molecule has 0 heterocycles.